The molecule has 1 unspecified atom stereocenters. The molecule has 2 fully saturated rings. The quantitative estimate of drug-likeness (QED) is 0.433. The predicted octanol–water partition coefficient (Wildman–Crippen LogP) is 4.94. The topological polar surface area (TPSA) is 101 Å². The molecular weight excluding hydrogens is 534 g/mol. The Kier molecular flexibility index (Phi) is 9.92. The SMILES string of the molecule is COc1ccc(N2CCN(C(=O)[C@@H](NC(=O)OC(C)(C)C)C(C)(C)O)C(Cc3ccccc3)C2)cc1OC1CCCC1. The van der Waals surface area contributed by atoms with Gasteiger partial charge in [-0.1, -0.05) is 30.3 Å². The third-order valence-electron chi connectivity index (χ3n) is 7.80. The van der Waals surface area contributed by atoms with E-state index in [2.05, 4.69) is 22.3 Å². The molecule has 1 saturated heterocycles. The maximum atomic E-state index is 14.1. The molecule has 9 nitrogen and oxygen atoms in total. The van der Waals surface area contributed by atoms with Gasteiger partial charge in [0.1, 0.15) is 11.6 Å². The predicted molar refractivity (Wildman–Crippen MR) is 163 cm³/mol. The fourth-order valence-electron chi connectivity index (χ4n) is 5.71. The summed E-state index contributed by atoms with van der Waals surface area (Å²) in [6.45, 7) is 9.89. The standard InChI is InChI=1S/C33H47N3O6/c1-32(2,3)42-31(38)34-29(33(4,5)39)30(37)36-19-18-35(22-25(36)20-23-12-8-7-9-13-23)24-16-17-27(40-6)28(21-24)41-26-14-10-11-15-26/h7-9,12-13,16-17,21,25-26,29,39H,10-11,14-15,18-20,22H2,1-6H3,(H,34,38)/t25?,29-/m1/s1. The second-order valence-electron chi connectivity index (χ2n) is 12.9. The lowest BCUT2D eigenvalue weighted by molar-refractivity contribution is -0.142. The number of alkyl carbamates (subject to hydrolysis) is 1. The van der Waals surface area contributed by atoms with E-state index in [0.29, 0.717) is 31.8 Å². The summed E-state index contributed by atoms with van der Waals surface area (Å²) in [5, 5.41) is 13.6. The number of rotatable bonds is 9. The van der Waals surface area contributed by atoms with Crippen LogP contribution in [0.25, 0.3) is 0 Å². The van der Waals surface area contributed by atoms with Crippen LogP contribution in [-0.4, -0.2) is 78.1 Å². The number of amides is 2. The van der Waals surface area contributed by atoms with Crippen LogP contribution < -0.4 is 19.7 Å². The molecule has 0 bridgehead atoms. The van der Waals surface area contributed by atoms with Crippen molar-refractivity contribution in [2.75, 3.05) is 31.6 Å². The molecule has 0 aromatic heterocycles. The van der Waals surface area contributed by atoms with Gasteiger partial charge in [0.25, 0.3) is 0 Å². The third-order valence-corrected chi connectivity index (χ3v) is 7.80. The molecule has 1 aliphatic carbocycles. The Bertz CT molecular complexity index is 1200. The number of nitrogens with zero attached hydrogens (tertiary/aromatic N) is 2. The van der Waals surface area contributed by atoms with Crippen molar-refractivity contribution in [3.8, 4) is 11.5 Å². The molecule has 1 heterocycles. The van der Waals surface area contributed by atoms with Crippen molar-refractivity contribution in [1.82, 2.24) is 10.2 Å². The van der Waals surface area contributed by atoms with Gasteiger partial charge < -0.3 is 34.4 Å². The molecule has 2 aromatic rings. The minimum Gasteiger partial charge on any atom is -0.493 e. The summed E-state index contributed by atoms with van der Waals surface area (Å²) in [7, 11) is 1.65. The number of hydrogen-bond donors (Lipinski definition) is 2. The minimum atomic E-state index is -1.51. The smallest absolute Gasteiger partial charge is 0.408 e. The van der Waals surface area contributed by atoms with E-state index in [1.54, 1.807) is 32.8 Å². The Morgan fingerprint density at radius 3 is 2.31 bits per heavy atom. The first kappa shape index (κ1) is 31.5. The van der Waals surface area contributed by atoms with E-state index in [0.717, 1.165) is 29.8 Å². The van der Waals surface area contributed by atoms with Crippen LogP contribution in [0.15, 0.2) is 48.5 Å². The first-order valence-electron chi connectivity index (χ1n) is 15.0. The molecule has 2 aromatic carbocycles. The molecule has 4 rings (SSSR count). The number of aliphatic hydroxyl groups is 1. The molecule has 1 saturated carbocycles. The Labute approximate surface area is 250 Å². The van der Waals surface area contributed by atoms with E-state index in [9.17, 15) is 14.7 Å². The van der Waals surface area contributed by atoms with Crippen LogP contribution in [-0.2, 0) is 16.0 Å². The first-order valence-corrected chi connectivity index (χ1v) is 15.0. The Morgan fingerprint density at radius 1 is 1.00 bits per heavy atom. The maximum Gasteiger partial charge on any atom is 0.408 e. The lowest BCUT2D eigenvalue weighted by Gasteiger charge is -2.45. The highest BCUT2D eigenvalue weighted by Gasteiger charge is 2.42. The average molecular weight is 582 g/mol. The number of anilines is 1. The summed E-state index contributed by atoms with van der Waals surface area (Å²) >= 11 is 0. The molecule has 2 amide bonds. The highest BCUT2D eigenvalue weighted by molar-refractivity contribution is 5.87. The van der Waals surface area contributed by atoms with Crippen LogP contribution in [0.1, 0.15) is 65.9 Å². The molecular formula is C33H47N3O6. The highest BCUT2D eigenvalue weighted by atomic mass is 16.6. The van der Waals surface area contributed by atoms with Crippen LogP contribution in [0.2, 0.25) is 0 Å². The number of ether oxygens (including phenoxy) is 3. The summed E-state index contributed by atoms with van der Waals surface area (Å²) in [4.78, 5) is 30.8. The fourth-order valence-corrected chi connectivity index (χ4v) is 5.71. The van der Waals surface area contributed by atoms with Crippen molar-refractivity contribution in [1.29, 1.82) is 0 Å². The van der Waals surface area contributed by atoms with E-state index >= 15 is 0 Å². The normalized spacial score (nSPS) is 18.9. The molecule has 0 radical (unpaired) electrons. The monoisotopic (exact) mass is 581 g/mol. The van der Waals surface area contributed by atoms with E-state index in [1.165, 1.54) is 26.7 Å². The lowest BCUT2D eigenvalue weighted by Crippen LogP contribution is -2.64. The fraction of sp³-hybridized carbons (Fsp3) is 0.576. The number of methoxy groups -OCH3 is 1. The van der Waals surface area contributed by atoms with Crippen molar-refractivity contribution < 1.29 is 28.9 Å². The molecule has 2 N–H and O–H groups in total. The first-order chi connectivity index (χ1) is 19.8. The molecule has 230 valence electrons. The lowest BCUT2D eigenvalue weighted by atomic mass is 9.94. The zero-order chi connectivity index (χ0) is 30.5. The third kappa shape index (κ3) is 8.31. The summed E-state index contributed by atoms with van der Waals surface area (Å²) < 4.78 is 17.4. The van der Waals surface area contributed by atoms with Gasteiger partial charge in [0, 0.05) is 31.4 Å². The Hall–Kier alpha value is -3.46. The Morgan fingerprint density at radius 2 is 1.69 bits per heavy atom. The maximum absolute atomic E-state index is 14.1. The zero-order valence-corrected chi connectivity index (χ0v) is 25.9. The molecule has 0 spiro atoms. The summed E-state index contributed by atoms with van der Waals surface area (Å²) in [5.74, 6) is 1.11. The van der Waals surface area contributed by atoms with Gasteiger partial charge in [-0.15, -0.1) is 0 Å². The van der Waals surface area contributed by atoms with Gasteiger partial charge >= 0.3 is 6.09 Å². The number of piperazine rings is 1. The van der Waals surface area contributed by atoms with E-state index in [-0.39, 0.29) is 18.1 Å². The number of carbonyl (C=O) groups excluding carboxylic acids is 2. The number of nitrogens with one attached hydrogen (secondary N) is 1. The van der Waals surface area contributed by atoms with Crippen molar-refractivity contribution in [2.24, 2.45) is 0 Å². The van der Waals surface area contributed by atoms with Crippen molar-refractivity contribution in [3.63, 3.8) is 0 Å². The van der Waals surface area contributed by atoms with Crippen LogP contribution >= 0.6 is 0 Å². The van der Waals surface area contributed by atoms with Crippen molar-refractivity contribution in [2.45, 2.75) is 96.1 Å². The second kappa shape index (κ2) is 13.2. The van der Waals surface area contributed by atoms with Crippen LogP contribution in [0, 0.1) is 0 Å². The van der Waals surface area contributed by atoms with Gasteiger partial charge in [0.15, 0.2) is 11.5 Å². The van der Waals surface area contributed by atoms with Gasteiger partial charge in [-0.2, -0.15) is 0 Å². The van der Waals surface area contributed by atoms with Gasteiger partial charge in [-0.3, -0.25) is 4.79 Å². The number of benzene rings is 2. The molecule has 2 aliphatic rings. The largest absolute Gasteiger partial charge is 0.493 e. The average Bonchev–Trinajstić information content (AvgIpc) is 3.43. The minimum absolute atomic E-state index is 0.200. The van der Waals surface area contributed by atoms with Crippen molar-refractivity contribution in [3.05, 3.63) is 54.1 Å². The van der Waals surface area contributed by atoms with E-state index < -0.39 is 23.3 Å². The van der Waals surface area contributed by atoms with Crippen LogP contribution in [0.4, 0.5) is 10.5 Å². The zero-order valence-electron chi connectivity index (χ0n) is 25.9. The summed E-state index contributed by atoms with van der Waals surface area (Å²) in [5.41, 5.74) is -0.149. The van der Waals surface area contributed by atoms with Gasteiger partial charge in [0.05, 0.1) is 24.9 Å². The van der Waals surface area contributed by atoms with E-state index in [4.69, 9.17) is 14.2 Å². The summed E-state index contributed by atoms with van der Waals surface area (Å²) in [6, 6.07) is 14.7. The highest BCUT2D eigenvalue weighted by Crippen LogP contribution is 2.36. The number of hydrogen-bond acceptors (Lipinski definition) is 7. The Balaban J connectivity index is 1.58. The molecule has 9 heteroatoms. The molecule has 2 atom stereocenters. The van der Waals surface area contributed by atoms with Crippen molar-refractivity contribution >= 4 is 17.7 Å². The van der Waals surface area contributed by atoms with Crippen LogP contribution in [0.3, 0.4) is 0 Å². The molecule has 42 heavy (non-hydrogen) atoms. The summed E-state index contributed by atoms with van der Waals surface area (Å²) in [6.07, 6.45) is 4.53. The van der Waals surface area contributed by atoms with Gasteiger partial charge in [0.2, 0.25) is 5.91 Å². The van der Waals surface area contributed by atoms with Crippen LogP contribution in [0.5, 0.6) is 11.5 Å². The molecule has 1 aliphatic heterocycles. The van der Waals surface area contributed by atoms with E-state index in [1.807, 2.05) is 36.4 Å². The van der Waals surface area contributed by atoms with Gasteiger partial charge in [-0.25, -0.2) is 4.79 Å². The van der Waals surface area contributed by atoms with Gasteiger partial charge in [-0.05, 0) is 84.4 Å². The second-order valence-corrected chi connectivity index (χ2v) is 12.9. The number of carbonyl (C=O) groups is 2.